The minimum absolute atomic E-state index is 0.157. The number of nitrogens with one attached hydrogen (secondary N) is 2. The lowest BCUT2D eigenvalue weighted by molar-refractivity contribution is 0.0830. The van der Waals surface area contributed by atoms with Crippen molar-refractivity contribution in [3.63, 3.8) is 0 Å². The SMILES string of the molecule is CC(C)c1cccc(CNC[C@@H](O)[C@@H]2Cc3cccc(c3)CCCCN(C)c3cccc(c3)C(=O)N2)c1. The number of benzene rings is 3. The van der Waals surface area contributed by atoms with Crippen LogP contribution in [0, 0.1) is 0 Å². The average Bonchev–Trinajstić information content (AvgIpc) is 2.90. The van der Waals surface area contributed by atoms with Gasteiger partial charge in [-0.25, -0.2) is 0 Å². The fourth-order valence-corrected chi connectivity index (χ4v) is 4.96. The Hall–Kier alpha value is -3.15. The van der Waals surface area contributed by atoms with E-state index in [2.05, 4.69) is 85.0 Å². The van der Waals surface area contributed by atoms with E-state index in [0.717, 1.165) is 37.1 Å². The predicted octanol–water partition coefficient (Wildman–Crippen LogP) is 5.07. The fraction of sp³-hybridized carbons (Fsp3) is 0.406. The minimum Gasteiger partial charge on any atom is -0.390 e. The second-order valence-electron chi connectivity index (χ2n) is 10.6. The number of amides is 1. The van der Waals surface area contributed by atoms with Gasteiger partial charge in [0.15, 0.2) is 0 Å². The molecule has 1 heterocycles. The second-order valence-corrected chi connectivity index (χ2v) is 10.6. The number of anilines is 1. The molecule has 196 valence electrons. The summed E-state index contributed by atoms with van der Waals surface area (Å²) in [7, 11) is 2.07. The lowest BCUT2D eigenvalue weighted by Gasteiger charge is -2.25. The maximum absolute atomic E-state index is 13.3. The molecule has 0 radical (unpaired) electrons. The average molecular weight is 500 g/mol. The molecule has 0 saturated carbocycles. The number of fused-ring (bicyclic) bond motifs is 4. The Bertz CT molecular complexity index is 1180. The molecule has 1 amide bonds. The highest BCUT2D eigenvalue weighted by Gasteiger charge is 2.23. The van der Waals surface area contributed by atoms with Crippen molar-refractivity contribution in [2.24, 2.45) is 0 Å². The van der Waals surface area contributed by atoms with Crippen LogP contribution in [0.2, 0.25) is 0 Å². The summed E-state index contributed by atoms with van der Waals surface area (Å²) in [6, 6.07) is 24.5. The molecule has 5 nitrogen and oxygen atoms in total. The molecule has 1 aliphatic heterocycles. The molecule has 2 atom stereocenters. The van der Waals surface area contributed by atoms with Crippen LogP contribution < -0.4 is 15.5 Å². The monoisotopic (exact) mass is 499 g/mol. The van der Waals surface area contributed by atoms with Gasteiger partial charge in [-0.2, -0.15) is 0 Å². The van der Waals surface area contributed by atoms with Crippen molar-refractivity contribution in [1.29, 1.82) is 0 Å². The number of hydrogen-bond acceptors (Lipinski definition) is 4. The number of carbonyl (C=O) groups excluding carboxylic acids is 1. The molecule has 3 aromatic carbocycles. The predicted molar refractivity (Wildman–Crippen MR) is 152 cm³/mol. The number of aryl methyl sites for hydroxylation is 1. The Balaban J connectivity index is 1.51. The van der Waals surface area contributed by atoms with Crippen molar-refractivity contribution in [3.8, 4) is 0 Å². The highest BCUT2D eigenvalue weighted by Crippen LogP contribution is 2.19. The minimum atomic E-state index is -0.734. The molecule has 3 aromatic rings. The van der Waals surface area contributed by atoms with E-state index in [9.17, 15) is 9.90 Å². The van der Waals surface area contributed by atoms with Crippen LogP contribution in [0.1, 0.15) is 65.2 Å². The normalized spacial score (nSPS) is 17.6. The van der Waals surface area contributed by atoms with Crippen LogP contribution in [-0.2, 0) is 19.4 Å². The number of nitrogens with zero attached hydrogens (tertiary/aromatic N) is 1. The van der Waals surface area contributed by atoms with Crippen molar-refractivity contribution in [3.05, 3.63) is 101 Å². The van der Waals surface area contributed by atoms with Gasteiger partial charge in [0, 0.05) is 37.9 Å². The standard InChI is InChI=1S/C32H41N3O2/c1-23(2)27-13-7-12-26(18-27)21-33-22-31(36)30-19-25-11-6-10-24(17-25)9-4-5-16-35(3)29-15-8-14-28(20-29)32(37)34-30/h6-8,10-15,17-18,20,23,30-31,33,36H,4-5,9,16,19,21-22H2,1-3H3,(H,34,37)/t30-,31+/m0/s1. The van der Waals surface area contributed by atoms with E-state index in [0.29, 0.717) is 31.0 Å². The highest BCUT2D eigenvalue weighted by molar-refractivity contribution is 5.95. The van der Waals surface area contributed by atoms with Crippen LogP contribution in [0.3, 0.4) is 0 Å². The molecular weight excluding hydrogens is 458 g/mol. The van der Waals surface area contributed by atoms with Crippen molar-refractivity contribution in [1.82, 2.24) is 10.6 Å². The summed E-state index contributed by atoms with van der Waals surface area (Å²) < 4.78 is 0. The Morgan fingerprint density at radius 2 is 1.78 bits per heavy atom. The van der Waals surface area contributed by atoms with Crippen LogP contribution in [0.5, 0.6) is 0 Å². The lowest BCUT2D eigenvalue weighted by Crippen LogP contribution is -2.48. The summed E-state index contributed by atoms with van der Waals surface area (Å²) in [5.74, 6) is 0.318. The first-order valence-corrected chi connectivity index (χ1v) is 13.6. The van der Waals surface area contributed by atoms with Crippen molar-refractivity contribution >= 4 is 11.6 Å². The number of aliphatic hydroxyl groups excluding tert-OH is 1. The van der Waals surface area contributed by atoms with Gasteiger partial charge in [-0.05, 0) is 72.1 Å². The molecule has 0 saturated heterocycles. The Labute approximate surface area is 221 Å². The van der Waals surface area contributed by atoms with E-state index in [1.54, 1.807) is 0 Å². The fourth-order valence-electron chi connectivity index (χ4n) is 4.96. The highest BCUT2D eigenvalue weighted by atomic mass is 16.3. The van der Waals surface area contributed by atoms with E-state index in [-0.39, 0.29) is 5.91 Å². The van der Waals surface area contributed by atoms with Crippen molar-refractivity contribution in [2.75, 3.05) is 25.0 Å². The third-order valence-electron chi connectivity index (χ3n) is 7.29. The molecule has 5 heteroatoms. The van der Waals surface area contributed by atoms with Gasteiger partial charge in [-0.3, -0.25) is 4.79 Å². The molecule has 4 bridgehead atoms. The first kappa shape index (κ1) is 26.9. The van der Waals surface area contributed by atoms with E-state index in [4.69, 9.17) is 0 Å². The van der Waals surface area contributed by atoms with Crippen LogP contribution in [0.4, 0.5) is 5.69 Å². The zero-order chi connectivity index (χ0) is 26.2. The van der Waals surface area contributed by atoms with Crippen LogP contribution in [0.25, 0.3) is 0 Å². The summed E-state index contributed by atoms with van der Waals surface area (Å²) in [5, 5.41) is 17.8. The van der Waals surface area contributed by atoms with Crippen molar-refractivity contribution in [2.45, 2.75) is 64.1 Å². The Morgan fingerprint density at radius 3 is 2.62 bits per heavy atom. The third kappa shape index (κ3) is 7.67. The van der Waals surface area contributed by atoms with Crippen LogP contribution in [0.15, 0.2) is 72.8 Å². The van der Waals surface area contributed by atoms with E-state index in [1.807, 2.05) is 24.3 Å². The number of carbonyl (C=O) groups is 1. The molecule has 1 aliphatic rings. The molecule has 0 aromatic heterocycles. The topological polar surface area (TPSA) is 64.6 Å². The Morgan fingerprint density at radius 1 is 1.00 bits per heavy atom. The molecule has 4 rings (SSSR count). The number of rotatable bonds is 6. The van der Waals surface area contributed by atoms with Gasteiger partial charge in [0.1, 0.15) is 0 Å². The van der Waals surface area contributed by atoms with Gasteiger partial charge in [0.05, 0.1) is 12.1 Å². The molecule has 0 unspecified atom stereocenters. The second kappa shape index (κ2) is 12.9. The summed E-state index contributed by atoms with van der Waals surface area (Å²) >= 11 is 0. The zero-order valence-corrected chi connectivity index (χ0v) is 22.4. The summed E-state index contributed by atoms with van der Waals surface area (Å²) in [6.45, 7) is 6.38. The van der Waals surface area contributed by atoms with Gasteiger partial charge in [0.2, 0.25) is 0 Å². The molecule has 0 spiro atoms. The van der Waals surface area contributed by atoms with Crippen LogP contribution in [-0.4, -0.2) is 43.3 Å². The van der Waals surface area contributed by atoms with E-state index in [1.165, 1.54) is 16.7 Å². The number of aliphatic hydroxyl groups is 1. The Kier molecular flexibility index (Phi) is 9.37. The smallest absolute Gasteiger partial charge is 0.251 e. The van der Waals surface area contributed by atoms with E-state index >= 15 is 0 Å². The molecular formula is C32H41N3O2. The maximum Gasteiger partial charge on any atom is 0.251 e. The number of hydrogen-bond donors (Lipinski definition) is 3. The summed E-state index contributed by atoms with van der Waals surface area (Å²) in [6.07, 6.45) is 3.06. The van der Waals surface area contributed by atoms with Gasteiger partial charge in [-0.15, -0.1) is 0 Å². The van der Waals surface area contributed by atoms with Gasteiger partial charge in [-0.1, -0.05) is 68.4 Å². The zero-order valence-electron chi connectivity index (χ0n) is 22.4. The first-order chi connectivity index (χ1) is 17.9. The van der Waals surface area contributed by atoms with Crippen molar-refractivity contribution < 1.29 is 9.90 Å². The van der Waals surface area contributed by atoms with Gasteiger partial charge in [0.25, 0.3) is 5.91 Å². The summed E-state index contributed by atoms with van der Waals surface area (Å²) in [5.41, 5.74) is 6.58. The molecule has 0 aliphatic carbocycles. The maximum atomic E-state index is 13.3. The molecule has 0 fully saturated rings. The molecule has 37 heavy (non-hydrogen) atoms. The largest absolute Gasteiger partial charge is 0.390 e. The lowest BCUT2D eigenvalue weighted by atomic mass is 9.97. The quantitative estimate of drug-likeness (QED) is 0.443. The van der Waals surface area contributed by atoms with Gasteiger partial charge < -0.3 is 20.6 Å². The van der Waals surface area contributed by atoms with E-state index < -0.39 is 12.1 Å². The summed E-state index contributed by atoms with van der Waals surface area (Å²) in [4.78, 5) is 15.5. The third-order valence-corrected chi connectivity index (χ3v) is 7.29. The first-order valence-electron chi connectivity index (χ1n) is 13.6. The molecule has 3 N–H and O–H groups in total. The van der Waals surface area contributed by atoms with Gasteiger partial charge >= 0.3 is 0 Å². The van der Waals surface area contributed by atoms with Crippen LogP contribution >= 0.6 is 0 Å².